The van der Waals surface area contributed by atoms with Gasteiger partial charge in [0.2, 0.25) is 21.8 Å². The number of guanidine groups is 1. The Morgan fingerprint density at radius 3 is 2.63 bits per heavy atom. The molecule has 38 heavy (non-hydrogen) atoms. The number of nitro groups is 1. The van der Waals surface area contributed by atoms with Gasteiger partial charge >= 0.3 is 5.97 Å². The fourth-order valence-corrected chi connectivity index (χ4v) is 5.26. The second-order valence-electron chi connectivity index (χ2n) is 8.63. The van der Waals surface area contributed by atoms with Gasteiger partial charge in [0.15, 0.2) is 5.03 Å². The average Bonchev–Trinajstić information content (AvgIpc) is 2.85. The molecule has 1 fully saturated rings. The summed E-state index contributed by atoms with van der Waals surface area (Å²) in [5.41, 5.74) is 7.60. The number of methoxy groups -OCH3 is 1. The van der Waals surface area contributed by atoms with Gasteiger partial charge in [0.05, 0.1) is 12.9 Å². The van der Waals surface area contributed by atoms with Crippen LogP contribution in [0.25, 0.3) is 0 Å². The molecule has 2 rings (SSSR count). The quantitative estimate of drug-likeness (QED) is 0.0582. The van der Waals surface area contributed by atoms with Crippen LogP contribution in [0.2, 0.25) is 0 Å². The molecular weight excluding hydrogens is 522 g/mol. The van der Waals surface area contributed by atoms with Crippen LogP contribution in [0.1, 0.15) is 38.2 Å². The van der Waals surface area contributed by atoms with Gasteiger partial charge in [-0.3, -0.25) is 9.59 Å². The van der Waals surface area contributed by atoms with Gasteiger partial charge in [0.1, 0.15) is 18.1 Å². The first-order chi connectivity index (χ1) is 17.9. The molecule has 3 atom stereocenters. The van der Waals surface area contributed by atoms with Crippen LogP contribution in [0.15, 0.2) is 35.3 Å². The van der Waals surface area contributed by atoms with E-state index < -0.39 is 56.9 Å². The highest BCUT2D eigenvalue weighted by atomic mass is 32.2. The van der Waals surface area contributed by atoms with E-state index in [1.807, 2.05) is 0 Å². The molecule has 1 aromatic carbocycles. The Hall–Kier alpha value is -3.79. The fraction of sp³-hybridized carbons (Fsp3) is 0.545. The smallest absolute Gasteiger partial charge is 0.328 e. The van der Waals surface area contributed by atoms with Gasteiger partial charge in [-0.2, -0.15) is 0 Å². The van der Waals surface area contributed by atoms with Crippen molar-refractivity contribution in [3.05, 3.63) is 46.0 Å². The largest absolute Gasteiger partial charge is 0.467 e. The lowest BCUT2D eigenvalue weighted by Crippen LogP contribution is -2.59. The van der Waals surface area contributed by atoms with Gasteiger partial charge in [-0.15, -0.1) is 0 Å². The van der Waals surface area contributed by atoms with Crippen molar-refractivity contribution >= 4 is 33.8 Å². The summed E-state index contributed by atoms with van der Waals surface area (Å²) in [4.78, 5) is 53.6. The minimum Gasteiger partial charge on any atom is -0.467 e. The van der Waals surface area contributed by atoms with Crippen molar-refractivity contribution < 1.29 is 32.6 Å². The van der Waals surface area contributed by atoms with Crippen LogP contribution in [-0.2, 0) is 34.9 Å². The summed E-state index contributed by atoms with van der Waals surface area (Å²) in [5.74, 6) is -2.57. The molecule has 5 N–H and O–H groups in total. The Kier molecular flexibility index (Phi) is 11.4. The van der Waals surface area contributed by atoms with Gasteiger partial charge in [-0.25, -0.2) is 33.0 Å². The van der Waals surface area contributed by atoms with Crippen LogP contribution in [0, 0.1) is 10.1 Å². The molecule has 1 aromatic rings. The van der Waals surface area contributed by atoms with Crippen LogP contribution in [-0.4, -0.2) is 80.4 Å². The SMILES string of the molecule is COC(=O)[C@H](CCCN=C(N)N[N+](=O)[O-])NC(=O)C(C)N1CCC[C@H](NS(=O)(=O)Cc2ccccc2)C1=O. The Morgan fingerprint density at radius 1 is 1.32 bits per heavy atom. The normalized spacial score (nSPS) is 17.8. The number of hydrazine groups is 1. The van der Waals surface area contributed by atoms with E-state index in [1.165, 1.54) is 11.8 Å². The van der Waals surface area contributed by atoms with Crippen molar-refractivity contribution in [3.63, 3.8) is 0 Å². The Balaban J connectivity index is 1.98. The number of aliphatic imine (C=N–C) groups is 1. The third-order valence-electron chi connectivity index (χ3n) is 5.78. The molecule has 1 saturated heterocycles. The van der Waals surface area contributed by atoms with Crippen LogP contribution < -0.4 is 21.2 Å². The van der Waals surface area contributed by atoms with Crippen molar-refractivity contribution in [2.45, 2.75) is 56.5 Å². The number of carbonyl (C=O) groups is 3. The van der Waals surface area contributed by atoms with E-state index >= 15 is 0 Å². The lowest BCUT2D eigenvalue weighted by Gasteiger charge is -2.36. The Bertz CT molecular complexity index is 1130. The molecule has 1 aliphatic heterocycles. The maximum Gasteiger partial charge on any atom is 0.328 e. The van der Waals surface area contributed by atoms with Crippen molar-refractivity contribution in [1.82, 2.24) is 20.4 Å². The van der Waals surface area contributed by atoms with Crippen molar-refractivity contribution in [2.75, 3.05) is 20.2 Å². The molecular formula is C22H33N7O8S. The summed E-state index contributed by atoms with van der Waals surface area (Å²) in [7, 11) is -2.66. The molecule has 0 bridgehead atoms. The molecule has 15 nitrogen and oxygen atoms in total. The number of likely N-dealkylation sites (tertiary alicyclic amines) is 1. The lowest BCUT2D eigenvalue weighted by molar-refractivity contribution is -0.525. The van der Waals surface area contributed by atoms with Gasteiger partial charge < -0.3 is 20.7 Å². The topological polar surface area (TPSA) is 215 Å². The number of nitrogens with one attached hydrogen (secondary N) is 3. The number of amides is 2. The molecule has 0 spiro atoms. The number of carbonyl (C=O) groups excluding carboxylic acids is 3. The number of piperidine rings is 1. The van der Waals surface area contributed by atoms with Crippen LogP contribution in [0.3, 0.4) is 0 Å². The summed E-state index contributed by atoms with van der Waals surface area (Å²) in [5, 5.41) is 12.0. The highest BCUT2D eigenvalue weighted by Gasteiger charge is 2.37. The number of nitrogens with two attached hydrogens (primary N) is 1. The second kappa shape index (κ2) is 14.2. The number of ether oxygens (including phenoxy) is 1. The standard InChI is InChI=1S/C22H33N7O8S/c1-15(19(30)25-18(21(32)37-2)10-6-12-24-22(23)26-29(33)34)28-13-7-11-17(20(28)31)27-38(35,36)14-16-8-4-3-5-9-16/h3-5,8-9,15,17-18,27H,6-7,10-14H2,1-2H3,(H,25,30)(H3,23,24,26)/t15?,17-,18-/m0/s1. The van der Waals surface area contributed by atoms with E-state index in [4.69, 9.17) is 10.5 Å². The average molecular weight is 556 g/mol. The molecule has 1 heterocycles. The number of sulfonamides is 1. The van der Waals surface area contributed by atoms with E-state index in [2.05, 4.69) is 15.0 Å². The number of benzene rings is 1. The Morgan fingerprint density at radius 2 is 2.00 bits per heavy atom. The second-order valence-corrected chi connectivity index (χ2v) is 10.4. The van der Waals surface area contributed by atoms with Crippen molar-refractivity contribution in [2.24, 2.45) is 10.7 Å². The minimum absolute atomic E-state index is 0.0427. The molecule has 1 aliphatic rings. The van der Waals surface area contributed by atoms with E-state index in [0.29, 0.717) is 12.0 Å². The molecule has 16 heteroatoms. The van der Waals surface area contributed by atoms with E-state index in [0.717, 1.165) is 7.11 Å². The zero-order valence-electron chi connectivity index (χ0n) is 21.2. The third kappa shape index (κ3) is 9.59. The Labute approximate surface area is 220 Å². The summed E-state index contributed by atoms with van der Waals surface area (Å²) >= 11 is 0. The number of nitrogens with zero attached hydrogens (tertiary/aromatic N) is 3. The highest BCUT2D eigenvalue weighted by molar-refractivity contribution is 7.88. The molecule has 0 radical (unpaired) electrons. The third-order valence-corrected chi connectivity index (χ3v) is 7.14. The first-order valence-electron chi connectivity index (χ1n) is 11.9. The predicted octanol–water partition coefficient (Wildman–Crippen LogP) is -0.980. The van der Waals surface area contributed by atoms with Gasteiger partial charge in [-0.05, 0) is 38.2 Å². The molecule has 1 unspecified atom stereocenters. The molecule has 0 aromatic heterocycles. The zero-order valence-corrected chi connectivity index (χ0v) is 22.0. The molecule has 2 amide bonds. The lowest BCUT2D eigenvalue weighted by atomic mass is 10.0. The monoisotopic (exact) mass is 555 g/mol. The minimum atomic E-state index is -3.82. The predicted molar refractivity (Wildman–Crippen MR) is 136 cm³/mol. The summed E-state index contributed by atoms with van der Waals surface area (Å²) < 4.78 is 32.4. The van der Waals surface area contributed by atoms with Crippen LogP contribution in [0.5, 0.6) is 0 Å². The van der Waals surface area contributed by atoms with Crippen LogP contribution in [0.4, 0.5) is 0 Å². The zero-order chi connectivity index (χ0) is 28.3. The number of hydrogen-bond donors (Lipinski definition) is 4. The maximum absolute atomic E-state index is 13.1. The fourth-order valence-electron chi connectivity index (χ4n) is 3.89. The van der Waals surface area contributed by atoms with Gasteiger partial charge in [-0.1, -0.05) is 35.8 Å². The van der Waals surface area contributed by atoms with E-state index in [-0.39, 0.29) is 38.1 Å². The van der Waals surface area contributed by atoms with E-state index in [1.54, 1.807) is 35.8 Å². The molecule has 0 aliphatic carbocycles. The highest BCUT2D eigenvalue weighted by Crippen LogP contribution is 2.17. The maximum atomic E-state index is 13.1. The number of rotatable bonds is 13. The van der Waals surface area contributed by atoms with Gasteiger partial charge in [0, 0.05) is 13.1 Å². The van der Waals surface area contributed by atoms with Gasteiger partial charge in [0.25, 0.3) is 5.96 Å². The number of esters is 1. The summed E-state index contributed by atoms with van der Waals surface area (Å²) in [6.07, 6.45) is 1.09. The summed E-state index contributed by atoms with van der Waals surface area (Å²) in [6, 6.07) is 5.48. The van der Waals surface area contributed by atoms with E-state index in [9.17, 15) is 32.9 Å². The van der Waals surface area contributed by atoms with Crippen molar-refractivity contribution in [3.8, 4) is 0 Å². The number of hydrogen-bond acceptors (Lipinski definition) is 9. The first kappa shape index (κ1) is 30.4. The molecule has 210 valence electrons. The summed E-state index contributed by atoms with van der Waals surface area (Å²) in [6.45, 7) is 1.77. The van der Waals surface area contributed by atoms with Crippen LogP contribution >= 0.6 is 0 Å². The molecule has 0 saturated carbocycles. The van der Waals surface area contributed by atoms with Crippen molar-refractivity contribution in [1.29, 1.82) is 0 Å². The first-order valence-corrected chi connectivity index (χ1v) is 13.5.